The molecule has 5 rings (SSSR count). The minimum absolute atomic E-state index is 0.00518. The molecule has 0 radical (unpaired) electrons. The van der Waals surface area contributed by atoms with Crippen molar-refractivity contribution in [2.45, 2.75) is 78.0 Å². The molecule has 0 aromatic heterocycles. The number of benzene rings is 1. The van der Waals surface area contributed by atoms with Gasteiger partial charge in [0, 0.05) is 42.9 Å². The lowest BCUT2D eigenvalue weighted by molar-refractivity contribution is -0.139. The number of rotatable bonds is 4. The highest BCUT2D eigenvalue weighted by molar-refractivity contribution is 5.78. The molecule has 1 unspecified atom stereocenters. The first-order valence-electron chi connectivity index (χ1n) is 12.7. The zero-order valence-corrected chi connectivity index (χ0v) is 20.1. The Balaban J connectivity index is 1.47. The third-order valence-corrected chi connectivity index (χ3v) is 9.36. The molecule has 1 aromatic rings. The molecule has 1 aromatic carbocycles. The number of nitrogens with zero attached hydrogens (tertiary/aromatic N) is 1. The molecule has 2 N–H and O–H groups in total. The van der Waals surface area contributed by atoms with Crippen LogP contribution in [0.4, 0.5) is 5.69 Å². The van der Waals surface area contributed by atoms with Crippen molar-refractivity contribution in [1.29, 1.82) is 0 Å². The fourth-order valence-corrected chi connectivity index (χ4v) is 7.53. The fraction of sp³-hybridized carbons (Fsp3) is 0.741. The van der Waals surface area contributed by atoms with Gasteiger partial charge in [0.1, 0.15) is 0 Å². The summed E-state index contributed by atoms with van der Waals surface area (Å²) in [6, 6.07) is 8.95. The number of amides is 1. The minimum atomic E-state index is -0.175. The molecule has 1 amide bonds. The van der Waals surface area contributed by atoms with Gasteiger partial charge < -0.3 is 20.1 Å². The summed E-state index contributed by atoms with van der Waals surface area (Å²) in [4.78, 5) is 15.2. The third-order valence-electron chi connectivity index (χ3n) is 9.36. The normalized spacial score (nSPS) is 36.4. The lowest BCUT2D eigenvalue weighted by atomic mass is 9.58. The van der Waals surface area contributed by atoms with E-state index in [9.17, 15) is 9.90 Å². The first-order valence-corrected chi connectivity index (χ1v) is 12.7. The zero-order valence-electron chi connectivity index (χ0n) is 20.1. The summed E-state index contributed by atoms with van der Waals surface area (Å²) in [5.74, 6) is 1.24. The molecular weight excluding hydrogens is 400 g/mol. The second-order valence-electron chi connectivity index (χ2n) is 11.7. The number of hydrogen-bond donors (Lipinski definition) is 2. The number of para-hydroxylation sites is 1. The van der Waals surface area contributed by atoms with Crippen molar-refractivity contribution >= 4 is 11.6 Å². The van der Waals surface area contributed by atoms with Gasteiger partial charge in [0.05, 0.1) is 12.2 Å². The van der Waals surface area contributed by atoms with E-state index in [1.54, 1.807) is 0 Å². The van der Waals surface area contributed by atoms with Crippen LogP contribution < -0.4 is 10.2 Å². The molecule has 32 heavy (non-hydrogen) atoms. The molecule has 176 valence electrons. The third kappa shape index (κ3) is 3.38. The number of anilines is 1. The van der Waals surface area contributed by atoms with Gasteiger partial charge in [-0.2, -0.15) is 0 Å². The SMILES string of the molecule is CC(C)C(=O)N[C@H]1C(C)(C)[C@@H]2C[C@@H]3[C@@H](c4ccccc4N4CCC(O)CC4)OCCC31C2. The summed E-state index contributed by atoms with van der Waals surface area (Å²) in [6.45, 7) is 11.3. The number of piperidine rings is 1. The topological polar surface area (TPSA) is 61.8 Å². The summed E-state index contributed by atoms with van der Waals surface area (Å²) >= 11 is 0. The Morgan fingerprint density at radius 2 is 1.94 bits per heavy atom. The van der Waals surface area contributed by atoms with E-state index < -0.39 is 0 Å². The highest BCUT2D eigenvalue weighted by atomic mass is 16.5. The van der Waals surface area contributed by atoms with E-state index in [1.165, 1.54) is 24.1 Å². The molecule has 2 aliphatic heterocycles. The molecule has 4 aliphatic rings. The quantitative estimate of drug-likeness (QED) is 0.733. The van der Waals surface area contributed by atoms with Gasteiger partial charge in [0.2, 0.25) is 5.91 Å². The highest BCUT2D eigenvalue weighted by Crippen LogP contribution is 2.70. The van der Waals surface area contributed by atoms with Crippen molar-refractivity contribution in [3.8, 4) is 0 Å². The van der Waals surface area contributed by atoms with Crippen molar-refractivity contribution in [2.75, 3.05) is 24.6 Å². The van der Waals surface area contributed by atoms with Crippen LogP contribution in [0.3, 0.4) is 0 Å². The smallest absolute Gasteiger partial charge is 0.222 e. The molecule has 2 saturated carbocycles. The number of aliphatic hydroxyl groups excluding tert-OH is 1. The molecule has 5 nitrogen and oxygen atoms in total. The van der Waals surface area contributed by atoms with E-state index in [0.717, 1.165) is 39.0 Å². The Hall–Kier alpha value is -1.59. The number of fused-ring (bicyclic) bond motifs is 1. The maximum atomic E-state index is 12.8. The summed E-state index contributed by atoms with van der Waals surface area (Å²) < 4.78 is 6.56. The molecule has 5 atom stereocenters. The Morgan fingerprint density at radius 3 is 2.66 bits per heavy atom. The first kappa shape index (κ1) is 22.2. The number of ether oxygens (including phenoxy) is 1. The average molecular weight is 441 g/mol. The maximum absolute atomic E-state index is 12.8. The summed E-state index contributed by atoms with van der Waals surface area (Å²) in [5.41, 5.74) is 2.80. The van der Waals surface area contributed by atoms with Crippen LogP contribution in [0, 0.1) is 28.6 Å². The van der Waals surface area contributed by atoms with Gasteiger partial charge in [0.15, 0.2) is 0 Å². The fourth-order valence-electron chi connectivity index (χ4n) is 7.53. The van der Waals surface area contributed by atoms with Crippen molar-refractivity contribution < 1.29 is 14.6 Å². The lowest BCUT2D eigenvalue weighted by Gasteiger charge is -2.53. The number of nitrogens with one attached hydrogen (secondary N) is 1. The average Bonchev–Trinajstić information content (AvgIpc) is 3.26. The molecule has 5 heteroatoms. The number of carbonyl (C=O) groups is 1. The minimum Gasteiger partial charge on any atom is -0.393 e. The first-order chi connectivity index (χ1) is 15.2. The van der Waals surface area contributed by atoms with Gasteiger partial charge >= 0.3 is 0 Å². The number of carbonyl (C=O) groups excluding carboxylic acids is 1. The van der Waals surface area contributed by atoms with Crippen LogP contribution in [0.25, 0.3) is 0 Å². The van der Waals surface area contributed by atoms with Crippen molar-refractivity contribution in [3.63, 3.8) is 0 Å². The molecule has 2 saturated heterocycles. The lowest BCUT2D eigenvalue weighted by Crippen LogP contribution is -2.59. The van der Waals surface area contributed by atoms with E-state index in [0.29, 0.717) is 11.8 Å². The van der Waals surface area contributed by atoms with Gasteiger partial charge in [-0.15, -0.1) is 0 Å². The van der Waals surface area contributed by atoms with E-state index in [4.69, 9.17) is 4.74 Å². The Bertz CT molecular complexity index is 860. The van der Waals surface area contributed by atoms with Crippen molar-refractivity contribution in [3.05, 3.63) is 29.8 Å². The highest BCUT2D eigenvalue weighted by Gasteiger charge is 2.68. The monoisotopic (exact) mass is 440 g/mol. The standard InChI is InChI=1S/C27H40N2O3/c1-17(2)24(31)28-25-26(3,4)18-15-21-23(32-14-11-27(21,25)16-18)20-7-5-6-8-22(20)29-12-9-19(30)10-13-29/h5-8,17-19,21,23,25,30H,9-16H2,1-4H3,(H,28,31)/t18-,21-,23-,25+,27?/m1/s1. The van der Waals surface area contributed by atoms with E-state index >= 15 is 0 Å². The second kappa shape index (κ2) is 8.02. The van der Waals surface area contributed by atoms with Crippen LogP contribution in [0.2, 0.25) is 0 Å². The summed E-state index contributed by atoms with van der Waals surface area (Å²) in [5, 5.41) is 13.5. The molecule has 4 fully saturated rings. The molecule has 2 bridgehead atoms. The van der Waals surface area contributed by atoms with Crippen LogP contribution in [-0.4, -0.2) is 42.9 Å². The van der Waals surface area contributed by atoms with E-state index in [1.807, 2.05) is 13.8 Å². The Morgan fingerprint density at radius 1 is 1.22 bits per heavy atom. The van der Waals surface area contributed by atoms with Crippen LogP contribution in [0.1, 0.15) is 71.5 Å². The number of hydrogen-bond acceptors (Lipinski definition) is 4. The van der Waals surface area contributed by atoms with Gasteiger partial charge in [0.25, 0.3) is 0 Å². The summed E-state index contributed by atoms with van der Waals surface area (Å²) in [7, 11) is 0. The Labute approximate surface area is 192 Å². The molecular formula is C27H40N2O3. The Kier molecular flexibility index (Phi) is 5.57. The van der Waals surface area contributed by atoms with Crippen LogP contribution >= 0.6 is 0 Å². The van der Waals surface area contributed by atoms with Gasteiger partial charge in [-0.1, -0.05) is 45.9 Å². The predicted molar refractivity (Wildman–Crippen MR) is 126 cm³/mol. The van der Waals surface area contributed by atoms with Crippen LogP contribution in [-0.2, 0) is 9.53 Å². The van der Waals surface area contributed by atoms with Crippen LogP contribution in [0.15, 0.2) is 24.3 Å². The zero-order chi connectivity index (χ0) is 22.7. The van der Waals surface area contributed by atoms with Crippen molar-refractivity contribution in [1.82, 2.24) is 5.32 Å². The van der Waals surface area contributed by atoms with Gasteiger partial charge in [-0.05, 0) is 60.8 Å². The van der Waals surface area contributed by atoms with E-state index in [2.05, 4.69) is 48.3 Å². The molecule has 2 heterocycles. The number of aliphatic hydroxyl groups is 1. The van der Waals surface area contributed by atoms with Gasteiger partial charge in [-0.25, -0.2) is 0 Å². The van der Waals surface area contributed by atoms with Crippen LogP contribution in [0.5, 0.6) is 0 Å². The molecule has 2 aliphatic carbocycles. The maximum Gasteiger partial charge on any atom is 0.222 e. The predicted octanol–water partition coefficient (Wildman–Crippen LogP) is 4.30. The summed E-state index contributed by atoms with van der Waals surface area (Å²) in [6.07, 6.45) is 4.97. The van der Waals surface area contributed by atoms with E-state index in [-0.39, 0.29) is 40.9 Å². The van der Waals surface area contributed by atoms with Crippen molar-refractivity contribution in [2.24, 2.45) is 28.6 Å². The molecule has 1 spiro atoms. The van der Waals surface area contributed by atoms with Gasteiger partial charge in [-0.3, -0.25) is 4.79 Å². The second-order valence-corrected chi connectivity index (χ2v) is 11.7. The largest absolute Gasteiger partial charge is 0.393 e.